The summed E-state index contributed by atoms with van der Waals surface area (Å²) < 4.78 is 4.76. The summed E-state index contributed by atoms with van der Waals surface area (Å²) in [5.74, 6) is 0. The molecule has 1 aliphatic rings. The predicted octanol–water partition coefficient (Wildman–Crippen LogP) is 2.80. The number of rotatable bonds is 5. The molecule has 0 saturated heterocycles. The smallest absolute Gasteiger partial charge is 0.160 e. The maximum absolute atomic E-state index is 5.82. The van der Waals surface area contributed by atoms with Gasteiger partial charge in [-0.05, 0) is 47.1 Å². The maximum atomic E-state index is 5.82. The fourth-order valence-electron chi connectivity index (χ4n) is 2.53. The Morgan fingerprint density at radius 2 is 2.11 bits per heavy atom. The molecule has 0 amide bonds. The van der Waals surface area contributed by atoms with Crippen LogP contribution < -0.4 is 11.1 Å². The maximum Gasteiger partial charge on any atom is 0.160 e. The van der Waals surface area contributed by atoms with Gasteiger partial charge in [-0.1, -0.05) is 13.3 Å². The molecule has 1 heterocycles. The Morgan fingerprint density at radius 3 is 2.83 bits per heavy atom. The van der Waals surface area contributed by atoms with Gasteiger partial charge in [0.15, 0.2) is 11.0 Å². The molecule has 1 aliphatic carbocycles. The van der Waals surface area contributed by atoms with Crippen molar-refractivity contribution in [1.29, 1.82) is 0 Å². The van der Waals surface area contributed by atoms with Crippen LogP contribution in [0.3, 0.4) is 0 Å². The molecule has 96 valence electrons. The first-order valence-electron chi connectivity index (χ1n) is 6.49. The second-order valence-corrected chi connectivity index (χ2v) is 5.27. The number of fused-ring (bicyclic) bond motifs is 1. The summed E-state index contributed by atoms with van der Waals surface area (Å²) in [7, 11) is 0. The van der Waals surface area contributed by atoms with E-state index < -0.39 is 0 Å². The molecule has 1 aromatic heterocycles. The Morgan fingerprint density at radius 1 is 1.33 bits per heavy atom. The molecule has 3 rings (SSSR count). The Bertz CT molecular complexity index is 559. The summed E-state index contributed by atoms with van der Waals surface area (Å²) in [6.45, 7) is 3.23. The lowest BCUT2D eigenvalue weighted by molar-refractivity contribution is 0.315. The van der Waals surface area contributed by atoms with Gasteiger partial charge in [0, 0.05) is 6.54 Å². The van der Waals surface area contributed by atoms with E-state index in [1.165, 1.54) is 25.7 Å². The minimum atomic E-state index is 0.500. The van der Waals surface area contributed by atoms with Gasteiger partial charge in [0.1, 0.15) is 0 Å². The van der Waals surface area contributed by atoms with Crippen LogP contribution in [0.4, 0.5) is 11.4 Å². The van der Waals surface area contributed by atoms with E-state index >= 15 is 0 Å². The first kappa shape index (κ1) is 11.3. The second kappa shape index (κ2) is 4.15. The summed E-state index contributed by atoms with van der Waals surface area (Å²) in [6, 6.07) is 3.79. The van der Waals surface area contributed by atoms with Crippen molar-refractivity contribution in [3.8, 4) is 0 Å². The standard InChI is InChI=1S/C13H18N4O/c1-2-5-13(6-7-13)8-15-10-4-3-9(14)11-12(10)17-18-16-11/h3-4,15H,2,5-8,14H2,1H3. The Balaban J connectivity index is 1.79. The summed E-state index contributed by atoms with van der Waals surface area (Å²) in [4.78, 5) is 0. The lowest BCUT2D eigenvalue weighted by atomic mass is 10.0. The zero-order valence-electron chi connectivity index (χ0n) is 10.6. The molecule has 0 atom stereocenters. The highest BCUT2D eigenvalue weighted by molar-refractivity contribution is 5.94. The lowest BCUT2D eigenvalue weighted by Gasteiger charge is -2.15. The SMILES string of the molecule is CCCC1(CNc2ccc(N)c3nonc23)CC1. The molecule has 1 fully saturated rings. The van der Waals surface area contributed by atoms with Crippen LogP contribution in [0.2, 0.25) is 0 Å². The van der Waals surface area contributed by atoms with Gasteiger partial charge in [0.05, 0.1) is 11.4 Å². The van der Waals surface area contributed by atoms with Gasteiger partial charge in [-0.3, -0.25) is 0 Å². The number of anilines is 2. The average molecular weight is 246 g/mol. The summed E-state index contributed by atoms with van der Waals surface area (Å²) in [6.07, 6.45) is 5.17. The number of nitrogens with two attached hydrogens (primary N) is 1. The van der Waals surface area contributed by atoms with Crippen molar-refractivity contribution < 1.29 is 4.63 Å². The quantitative estimate of drug-likeness (QED) is 0.793. The molecule has 1 saturated carbocycles. The zero-order chi connectivity index (χ0) is 12.6. The van der Waals surface area contributed by atoms with Crippen LogP contribution in [0.1, 0.15) is 32.6 Å². The van der Waals surface area contributed by atoms with Crippen molar-refractivity contribution in [3.05, 3.63) is 12.1 Å². The number of nitrogens with one attached hydrogen (secondary N) is 1. The van der Waals surface area contributed by atoms with Crippen molar-refractivity contribution >= 4 is 22.4 Å². The van der Waals surface area contributed by atoms with Gasteiger partial charge in [0.25, 0.3) is 0 Å². The van der Waals surface area contributed by atoms with Crippen molar-refractivity contribution in [2.45, 2.75) is 32.6 Å². The van der Waals surface area contributed by atoms with Crippen molar-refractivity contribution in [3.63, 3.8) is 0 Å². The van der Waals surface area contributed by atoms with Crippen LogP contribution in [0.5, 0.6) is 0 Å². The highest BCUT2D eigenvalue weighted by Crippen LogP contribution is 2.49. The van der Waals surface area contributed by atoms with Crippen LogP contribution in [-0.2, 0) is 0 Å². The van der Waals surface area contributed by atoms with E-state index in [4.69, 9.17) is 10.4 Å². The first-order chi connectivity index (χ1) is 8.74. The van der Waals surface area contributed by atoms with Crippen LogP contribution in [0.25, 0.3) is 11.0 Å². The fourth-order valence-corrected chi connectivity index (χ4v) is 2.53. The normalized spacial score (nSPS) is 16.9. The molecule has 5 nitrogen and oxygen atoms in total. The number of nitrogens with zero attached hydrogens (tertiary/aromatic N) is 2. The molecule has 2 aromatic rings. The Hall–Kier alpha value is -1.78. The highest BCUT2D eigenvalue weighted by atomic mass is 16.6. The molecule has 1 aromatic carbocycles. The van der Waals surface area contributed by atoms with Gasteiger partial charge in [-0.15, -0.1) is 0 Å². The largest absolute Gasteiger partial charge is 0.397 e. The Labute approximate surface area is 106 Å². The highest BCUT2D eigenvalue weighted by Gasteiger charge is 2.41. The van der Waals surface area contributed by atoms with E-state index in [-0.39, 0.29) is 0 Å². The van der Waals surface area contributed by atoms with E-state index in [0.29, 0.717) is 16.6 Å². The number of hydrogen-bond donors (Lipinski definition) is 2. The Kier molecular flexibility index (Phi) is 2.61. The third kappa shape index (κ3) is 1.89. The number of hydrogen-bond acceptors (Lipinski definition) is 5. The van der Waals surface area contributed by atoms with E-state index in [2.05, 4.69) is 22.6 Å². The molecule has 0 radical (unpaired) electrons. The topological polar surface area (TPSA) is 77.0 Å². The fraction of sp³-hybridized carbons (Fsp3) is 0.538. The zero-order valence-corrected chi connectivity index (χ0v) is 10.6. The molecule has 0 unspecified atom stereocenters. The number of nitrogen functional groups attached to an aromatic ring is 1. The molecular formula is C13H18N4O. The average Bonchev–Trinajstić information content (AvgIpc) is 2.94. The minimum Gasteiger partial charge on any atom is -0.397 e. The summed E-state index contributed by atoms with van der Waals surface area (Å²) >= 11 is 0. The summed E-state index contributed by atoms with van der Waals surface area (Å²) in [5.41, 5.74) is 9.25. The van der Waals surface area contributed by atoms with Crippen molar-refractivity contribution in [1.82, 2.24) is 10.3 Å². The third-order valence-corrected chi connectivity index (χ3v) is 3.84. The monoisotopic (exact) mass is 246 g/mol. The van der Waals surface area contributed by atoms with Crippen LogP contribution in [0.15, 0.2) is 16.8 Å². The predicted molar refractivity (Wildman–Crippen MR) is 71.3 cm³/mol. The second-order valence-electron chi connectivity index (χ2n) is 5.27. The van der Waals surface area contributed by atoms with E-state index in [9.17, 15) is 0 Å². The third-order valence-electron chi connectivity index (χ3n) is 3.84. The van der Waals surface area contributed by atoms with Gasteiger partial charge in [0.2, 0.25) is 0 Å². The lowest BCUT2D eigenvalue weighted by Crippen LogP contribution is -2.15. The van der Waals surface area contributed by atoms with Crippen molar-refractivity contribution in [2.24, 2.45) is 5.41 Å². The molecule has 0 spiro atoms. The number of aromatic nitrogens is 2. The number of benzene rings is 1. The van der Waals surface area contributed by atoms with Gasteiger partial charge >= 0.3 is 0 Å². The van der Waals surface area contributed by atoms with Gasteiger partial charge in [-0.25, -0.2) is 4.63 Å². The van der Waals surface area contributed by atoms with Crippen LogP contribution >= 0.6 is 0 Å². The molecule has 0 bridgehead atoms. The molecular weight excluding hydrogens is 228 g/mol. The van der Waals surface area contributed by atoms with Crippen LogP contribution in [0, 0.1) is 5.41 Å². The van der Waals surface area contributed by atoms with Gasteiger partial charge < -0.3 is 11.1 Å². The minimum absolute atomic E-state index is 0.500. The van der Waals surface area contributed by atoms with E-state index in [1.54, 1.807) is 0 Å². The first-order valence-corrected chi connectivity index (χ1v) is 6.49. The van der Waals surface area contributed by atoms with E-state index in [1.807, 2.05) is 12.1 Å². The molecule has 3 N–H and O–H groups in total. The molecule has 5 heteroatoms. The van der Waals surface area contributed by atoms with E-state index in [0.717, 1.165) is 17.7 Å². The molecule has 18 heavy (non-hydrogen) atoms. The van der Waals surface area contributed by atoms with Crippen LogP contribution in [-0.4, -0.2) is 16.9 Å². The summed E-state index contributed by atoms with van der Waals surface area (Å²) in [5, 5.41) is 11.2. The molecule has 0 aliphatic heterocycles. The van der Waals surface area contributed by atoms with Crippen molar-refractivity contribution in [2.75, 3.05) is 17.6 Å². The van der Waals surface area contributed by atoms with Gasteiger partial charge in [-0.2, -0.15) is 0 Å².